The van der Waals surface area contributed by atoms with E-state index < -0.39 is 0 Å². The minimum absolute atomic E-state index is 0.180. The SMILES string of the molecule is CCNC(=NCCc1cc(F)cc2c1OCOC2)NCCc1c[nH]c2cc(F)ccc12. The quantitative estimate of drug-likeness (QED) is 0.397. The van der Waals surface area contributed by atoms with E-state index in [1.807, 2.05) is 13.1 Å². The summed E-state index contributed by atoms with van der Waals surface area (Å²) >= 11 is 0. The van der Waals surface area contributed by atoms with E-state index in [-0.39, 0.29) is 18.4 Å². The molecule has 0 radical (unpaired) electrons. The van der Waals surface area contributed by atoms with Crippen molar-refractivity contribution < 1.29 is 18.3 Å². The molecule has 164 valence electrons. The van der Waals surface area contributed by atoms with Crippen LogP contribution in [-0.4, -0.2) is 37.4 Å². The minimum Gasteiger partial charge on any atom is -0.467 e. The number of aromatic amines is 1. The number of aliphatic imine (C=N–C) groups is 1. The summed E-state index contributed by atoms with van der Waals surface area (Å²) in [6.07, 6.45) is 3.23. The Hall–Kier alpha value is -3.13. The molecule has 0 unspecified atom stereocenters. The summed E-state index contributed by atoms with van der Waals surface area (Å²) in [7, 11) is 0. The first-order valence-electron chi connectivity index (χ1n) is 10.4. The van der Waals surface area contributed by atoms with Crippen LogP contribution in [0.4, 0.5) is 8.78 Å². The molecule has 6 nitrogen and oxygen atoms in total. The lowest BCUT2D eigenvalue weighted by Crippen LogP contribution is -2.38. The Bertz CT molecular complexity index is 1080. The van der Waals surface area contributed by atoms with Gasteiger partial charge in [0.15, 0.2) is 12.8 Å². The van der Waals surface area contributed by atoms with Crippen molar-refractivity contribution in [2.24, 2.45) is 4.99 Å². The fourth-order valence-corrected chi connectivity index (χ4v) is 3.75. The molecular formula is C23H26F2N4O2. The predicted octanol–water partition coefficient (Wildman–Crippen LogP) is 3.65. The summed E-state index contributed by atoms with van der Waals surface area (Å²) in [5.41, 5.74) is 3.43. The summed E-state index contributed by atoms with van der Waals surface area (Å²) in [5, 5.41) is 7.56. The second kappa shape index (κ2) is 9.78. The average molecular weight is 428 g/mol. The molecule has 3 aromatic rings. The first-order chi connectivity index (χ1) is 15.1. The van der Waals surface area contributed by atoms with Gasteiger partial charge in [-0.15, -0.1) is 0 Å². The van der Waals surface area contributed by atoms with Gasteiger partial charge < -0.3 is 25.1 Å². The van der Waals surface area contributed by atoms with Crippen LogP contribution >= 0.6 is 0 Å². The number of ether oxygens (including phenoxy) is 2. The number of fused-ring (bicyclic) bond motifs is 2. The van der Waals surface area contributed by atoms with E-state index in [1.165, 1.54) is 24.3 Å². The lowest BCUT2D eigenvalue weighted by atomic mass is 10.1. The molecule has 0 spiro atoms. The second-order valence-electron chi connectivity index (χ2n) is 7.36. The zero-order valence-corrected chi connectivity index (χ0v) is 17.4. The Morgan fingerprint density at radius 1 is 1.10 bits per heavy atom. The van der Waals surface area contributed by atoms with Crippen LogP contribution < -0.4 is 15.4 Å². The van der Waals surface area contributed by atoms with Gasteiger partial charge in [0.1, 0.15) is 17.4 Å². The summed E-state index contributed by atoms with van der Waals surface area (Å²) in [6, 6.07) is 7.72. The smallest absolute Gasteiger partial charge is 0.191 e. The highest BCUT2D eigenvalue weighted by Gasteiger charge is 2.16. The third-order valence-corrected chi connectivity index (χ3v) is 5.16. The zero-order chi connectivity index (χ0) is 21.6. The van der Waals surface area contributed by atoms with Gasteiger partial charge in [0.25, 0.3) is 0 Å². The maximum Gasteiger partial charge on any atom is 0.191 e. The molecule has 1 aliphatic heterocycles. The highest BCUT2D eigenvalue weighted by Crippen LogP contribution is 2.29. The summed E-state index contributed by atoms with van der Waals surface area (Å²) in [4.78, 5) is 7.72. The molecule has 0 saturated heterocycles. The van der Waals surface area contributed by atoms with Crippen LogP contribution in [0, 0.1) is 11.6 Å². The molecule has 4 rings (SSSR count). The van der Waals surface area contributed by atoms with Gasteiger partial charge in [0, 0.05) is 42.3 Å². The number of aromatic nitrogens is 1. The van der Waals surface area contributed by atoms with Gasteiger partial charge in [0.2, 0.25) is 0 Å². The van der Waals surface area contributed by atoms with Crippen LogP contribution in [0.2, 0.25) is 0 Å². The molecule has 0 aliphatic carbocycles. The molecule has 0 saturated carbocycles. The van der Waals surface area contributed by atoms with E-state index in [1.54, 1.807) is 6.07 Å². The number of nitrogens with zero attached hydrogens (tertiary/aromatic N) is 1. The van der Waals surface area contributed by atoms with Crippen LogP contribution in [0.3, 0.4) is 0 Å². The van der Waals surface area contributed by atoms with Gasteiger partial charge >= 0.3 is 0 Å². The topological polar surface area (TPSA) is 70.7 Å². The van der Waals surface area contributed by atoms with Gasteiger partial charge in [0.05, 0.1) is 6.61 Å². The molecule has 3 N–H and O–H groups in total. The number of guanidine groups is 1. The molecule has 0 fully saturated rings. The number of hydrogen-bond donors (Lipinski definition) is 3. The van der Waals surface area contributed by atoms with Crippen molar-refractivity contribution in [2.45, 2.75) is 26.4 Å². The number of H-pyrrole nitrogens is 1. The fourth-order valence-electron chi connectivity index (χ4n) is 3.75. The maximum atomic E-state index is 13.9. The molecular weight excluding hydrogens is 402 g/mol. The molecule has 0 amide bonds. The highest BCUT2D eigenvalue weighted by atomic mass is 19.1. The first kappa shape index (κ1) is 21.1. The fraction of sp³-hybridized carbons (Fsp3) is 0.348. The third kappa shape index (κ3) is 5.14. The molecule has 1 aliphatic rings. The number of hydrogen-bond acceptors (Lipinski definition) is 3. The first-order valence-corrected chi connectivity index (χ1v) is 10.4. The summed E-state index contributed by atoms with van der Waals surface area (Å²) in [6.45, 7) is 4.43. The van der Waals surface area contributed by atoms with Crippen LogP contribution in [0.5, 0.6) is 5.75 Å². The van der Waals surface area contributed by atoms with Crippen molar-refractivity contribution >= 4 is 16.9 Å². The van der Waals surface area contributed by atoms with Crippen LogP contribution in [-0.2, 0) is 24.2 Å². The van der Waals surface area contributed by atoms with Crippen molar-refractivity contribution in [3.05, 3.63) is 64.9 Å². The van der Waals surface area contributed by atoms with E-state index in [2.05, 4.69) is 20.6 Å². The molecule has 2 aromatic carbocycles. The Balaban J connectivity index is 1.36. The van der Waals surface area contributed by atoms with Crippen molar-refractivity contribution in [1.82, 2.24) is 15.6 Å². The number of halogens is 2. The van der Waals surface area contributed by atoms with Gasteiger partial charge in [-0.05, 0) is 61.2 Å². The minimum atomic E-state index is -0.296. The van der Waals surface area contributed by atoms with Crippen molar-refractivity contribution in [3.8, 4) is 5.75 Å². The molecule has 31 heavy (non-hydrogen) atoms. The van der Waals surface area contributed by atoms with Gasteiger partial charge in [-0.1, -0.05) is 0 Å². The van der Waals surface area contributed by atoms with E-state index in [0.717, 1.165) is 40.6 Å². The van der Waals surface area contributed by atoms with E-state index in [0.29, 0.717) is 37.8 Å². The number of benzene rings is 2. The maximum absolute atomic E-state index is 13.9. The Labute approximate surface area is 179 Å². The summed E-state index contributed by atoms with van der Waals surface area (Å²) in [5.74, 6) is 0.855. The normalized spacial score (nSPS) is 13.7. The zero-order valence-electron chi connectivity index (χ0n) is 17.4. The van der Waals surface area contributed by atoms with Gasteiger partial charge in [-0.3, -0.25) is 4.99 Å². The van der Waals surface area contributed by atoms with Crippen molar-refractivity contribution in [1.29, 1.82) is 0 Å². The Morgan fingerprint density at radius 3 is 2.87 bits per heavy atom. The van der Waals surface area contributed by atoms with E-state index in [4.69, 9.17) is 9.47 Å². The van der Waals surface area contributed by atoms with Crippen LogP contribution in [0.15, 0.2) is 41.5 Å². The lowest BCUT2D eigenvalue weighted by Gasteiger charge is -2.20. The number of nitrogens with one attached hydrogen (secondary N) is 3. The van der Waals surface area contributed by atoms with E-state index >= 15 is 0 Å². The molecule has 0 atom stereocenters. The van der Waals surface area contributed by atoms with Crippen molar-refractivity contribution in [3.63, 3.8) is 0 Å². The van der Waals surface area contributed by atoms with Gasteiger partial charge in [-0.2, -0.15) is 0 Å². The number of rotatable bonds is 7. The third-order valence-electron chi connectivity index (χ3n) is 5.16. The van der Waals surface area contributed by atoms with E-state index in [9.17, 15) is 8.78 Å². The molecule has 2 heterocycles. The average Bonchev–Trinajstić information content (AvgIpc) is 3.15. The Kier molecular flexibility index (Phi) is 6.66. The lowest BCUT2D eigenvalue weighted by molar-refractivity contribution is -0.0172. The van der Waals surface area contributed by atoms with Crippen LogP contribution in [0.1, 0.15) is 23.6 Å². The van der Waals surface area contributed by atoms with Gasteiger partial charge in [-0.25, -0.2) is 8.78 Å². The molecule has 8 heteroatoms. The second-order valence-corrected chi connectivity index (χ2v) is 7.36. The predicted molar refractivity (Wildman–Crippen MR) is 116 cm³/mol. The molecule has 1 aromatic heterocycles. The molecule has 0 bridgehead atoms. The summed E-state index contributed by atoms with van der Waals surface area (Å²) < 4.78 is 38.1. The standard InChI is InChI=1S/C23H26F2N4O2/c1-2-26-23(28-8-6-16-12-29-21-11-18(24)3-4-20(16)21)27-7-5-15-9-19(25)10-17-13-30-14-31-22(15)17/h3-4,9-12,29H,2,5-8,13-14H2,1H3,(H2,26,27,28). The van der Waals surface area contributed by atoms with Crippen molar-refractivity contribution in [2.75, 3.05) is 26.4 Å². The van der Waals surface area contributed by atoms with Crippen LogP contribution in [0.25, 0.3) is 10.9 Å². The highest BCUT2D eigenvalue weighted by molar-refractivity contribution is 5.83. The monoisotopic (exact) mass is 428 g/mol. The largest absolute Gasteiger partial charge is 0.467 e. The Morgan fingerprint density at radius 2 is 2.00 bits per heavy atom.